The van der Waals surface area contributed by atoms with Crippen molar-refractivity contribution in [3.05, 3.63) is 12.2 Å². The number of ether oxygens (including phenoxy) is 2. The average molecular weight is 242 g/mol. The van der Waals surface area contributed by atoms with E-state index in [0.717, 1.165) is 6.42 Å². The Balaban J connectivity index is 2.61. The fraction of sp³-hybridized carbons (Fsp3) is 0.769. The van der Waals surface area contributed by atoms with Crippen molar-refractivity contribution in [3.8, 4) is 0 Å². The standard InChI is InChI=1S/C13H22O4/c1-8(2)6-13(5)16-7-11(17-13)9(3)10(4)12(14)15/h8-9,11H,4,6-7H2,1-3,5H3,(H,14,15). The summed E-state index contributed by atoms with van der Waals surface area (Å²) in [7, 11) is 0. The van der Waals surface area contributed by atoms with E-state index < -0.39 is 11.8 Å². The molecule has 0 radical (unpaired) electrons. The van der Waals surface area contributed by atoms with Crippen molar-refractivity contribution in [3.63, 3.8) is 0 Å². The Labute approximate surface area is 103 Å². The van der Waals surface area contributed by atoms with Crippen molar-refractivity contribution in [2.45, 2.75) is 46.0 Å². The summed E-state index contributed by atoms with van der Waals surface area (Å²) in [4.78, 5) is 10.8. The number of hydrogen-bond acceptors (Lipinski definition) is 3. The SMILES string of the molecule is C=C(C(=O)O)C(C)C1COC(C)(CC(C)C)O1. The first-order chi connectivity index (χ1) is 7.75. The molecule has 0 bridgehead atoms. The molecule has 0 aromatic carbocycles. The largest absolute Gasteiger partial charge is 0.478 e. The summed E-state index contributed by atoms with van der Waals surface area (Å²) in [6, 6.07) is 0. The normalized spacial score (nSPS) is 30.5. The highest BCUT2D eigenvalue weighted by molar-refractivity contribution is 5.86. The Morgan fingerprint density at radius 1 is 1.53 bits per heavy atom. The third-order valence-corrected chi connectivity index (χ3v) is 3.11. The third kappa shape index (κ3) is 3.54. The van der Waals surface area contributed by atoms with Gasteiger partial charge in [0.05, 0.1) is 12.7 Å². The first kappa shape index (κ1) is 14.2. The van der Waals surface area contributed by atoms with Gasteiger partial charge in [0.15, 0.2) is 5.79 Å². The summed E-state index contributed by atoms with van der Waals surface area (Å²) >= 11 is 0. The summed E-state index contributed by atoms with van der Waals surface area (Å²) in [5, 5.41) is 8.89. The topological polar surface area (TPSA) is 55.8 Å². The van der Waals surface area contributed by atoms with Crippen LogP contribution in [0.15, 0.2) is 12.2 Å². The lowest BCUT2D eigenvalue weighted by atomic mass is 9.97. The Kier molecular flexibility index (Phi) is 4.33. The number of hydrogen-bond donors (Lipinski definition) is 1. The quantitative estimate of drug-likeness (QED) is 0.752. The Hall–Kier alpha value is -0.870. The van der Waals surface area contributed by atoms with Gasteiger partial charge in [-0.1, -0.05) is 27.4 Å². The molecule has 1 N–H and O–H groups in total. The van der Waals surface area contributed by atoms with Crippen molar-refractivity contribution in [2.75, 3.05) is 6.61 Å². The second kappa shape index (κ2) is 5.19. The number of carboxylic acid groups (broad SMARTS) is 1. The highest BCUT2D eigenvalue weighted by atomic mass is 16.7. The summed E-state index contributed by atoms with van der Waals surface area (Å²) in [6.45, 7) is 11.9. The predicted octanol–water partition coefficient (Wildman–Crippen LogP) is 2.44. The lowest BCUT2D eigenvalue weighted by Gasteiger charge is -2.26. The molecule has 3 unspecified atom stereocenters. The zero-order valence-corrected chi connectivity index (χ0v) is 11.0. The molecule has 17 heavy (non-hydrogen) atoms. The van der Waals surface area contributed by atoms with Crippen LogP contribution in [0.2, 0.25) is 0 Å². The van der Waals surface area contributed by atoms with Gasteiger partial charge in [-0.25, -0.2) is 4.79 Å². The van der Waals surface area contributed by atoms with E-state index in [1.807, 2.05) is 13.8 Å². The molecule has 1 heterocycles. The number of carbonyl (C=O) groups is 1. The van der Waals surface area contributed by atoms with Gasteiger partial charge in [0, 0.05) is 17.9 Å². The molecule has 1 saturated heterocycles. The lowest BCUT2D eigenvalue weighted by Crippen LogP contribution is -2.31. The van der Waals surface area contributed by atoms with Crippen molar-refractivity contribution in [1.29, 1.82) is 0 Å². The van der Waals surface area contributed by atoms with Crippen LogP contribution in [-0.2, 0) is 14.3 Å². The van der Waals surface area contributed by atoms with Crippen molar-refractivity contribution in [1.82, 2.24) is 0 Å². The molecule has 0 saturated carbocycles. The second-order valence-electron chi connectivity index (χ2n) is 5.32. The molecule has 4 nitrogen and oxygen atoms in total. The van der Waals surface area contributed by atoms with Crippen LogP contribution in [0.25, 0.3) is 0 Å². The van der Waals surface area contributed by atoms with E-state index >= 15 is 0 Å². The van der Waals surface area contributed by atoms with E-state index in [2.05, 4.69) is 20.4 Å². The fourth-order valence-corrected chi connectivity index (χ4v) is 2.16. The van der Waals surface area contributed by atoms with E-state index in [9.17, 15) is 4.79 Å². The van der Waals surface area contributed by atoms with Crippen LogP contribution < -0.4 is 0 Å². The molecule has 0 amide bonds. The summed E-state index contributed by atoms with van der Waals surface area (Å²) in [6.07, 6.45) is 0.581. The predicted molar refractivity (Wildman–Crippen MR) is 64.6 cm³/mol. The zero-order valence-electron chi connectivity index (χ0n) is 11.0. The minimum Gasteiger partial charge on any atom is -0.478 e. The van der Waals surface area contributed by atoms with Gasteiger partial charge in [-0.2, -0.15) is 0 Å². The number of rotatable bonds is 5. The van der Waals surface area contributed by atoms with Gasteiger partial charge < -0.3 is 14.6 Å². The molecule has 3 atom stereocenters. The van der Waals surface area contributed by atoms with Gasteiger partial charge in [0.2, 0.25) is 0 Å². The van der Waals surface area contributed by atoms with E-state index in [1.54, 1.807) is 0 Å². The monoisotopic (exact) mass is 242 g/mol. The molecule has 1 aliphatic rings. The minimum absolute atomic E-state index is 0.174. The highest BCUT2D eigenvalue weighted by Crippen LogP contribution is 2.34. The van der Waals surface area contributed by atoms with Crippen LogP contribution in [0.4, 0.5) is 0 Å². The van der Waals surface area contributed by atoms with E-state index in [1.165, 1.54) is 0 Å². The van der Waals surface area contributed by atoms with Crippen LogP contribution in [0.5, 0.6) is 0 Å². The first-order valence-corrected chi connectivity index (χ1v) is 5.99. The molecule has 1 rings (SSSR count). The summed E-state index contributed by atoms with van der Waals surface area (Å²) in [5.74, 6) is -1.33. The third-order valence-electron chi connectivity index (χ3n) is 3.11. The van der Waals surface area contributed by atoms with Crippen LogP contribution in [-0.4, -0.2) is 29.6 Å². The molecular formula is C13H22O4. The molecule has 1 aliphatic heterocycles. The molecule has 0 aromatic rings. The molecule has 0 aromatic heterocycles. The van der Waals surface area contributed by atoms with E-state index in [4.69, 9.17) is 14.6 Å². The van der Waals surface area contributed by atoms with Crippen LogP contribution in [0, 0.1) is 11.8 Å². The first-order valence-electron chi connectivity index (χ1n) is 5.99. The average Bonchev–Trinajstić information content (AvgIpc) is 2.56. The summed E-state index contributed by atoms with van der Waals surface area (Å²) in [5.41, 5.74) is 0.174. The van der Waals surface area contributed by atoms with E-state index in [0.29, 0.717) is 12.5 Å². The summed E-state index contributed by atoms with van der Waals surface area (Å²) < 4.78 is 11.5. The molecule has 98 valence electrons. The second-order valence-corrected chi connectivity index (χ2v) is 5.32. The Morgan fingerprint density at radius 2 is 2.12 bits per heavy atom. The van der Waals surface area contributed by atoms with Gasteiger partial charge in [-0.15, -0.1) is 0 Å². The molecule has 0 aliphatic carbocycles. The minimum atomic E-state index is -0.974. The maximum absolute atomic E-state index is 10.8. The van der Waals surface area contributed by atoms with Crippen LogP contribution in [0.1, 0.15) is 34.1 Å². The van der Waals surface area contributed by atoms with Gasteiger partial charge in [-0.3, -0.25) is 0 Å². The maximum Gasteiger partial charge on any atom is 0.331 e. The lowest BCUT2D eigenvalue weighted by molar-refractivity contribution is -0.168. The fourth-order valence-electron chi connectivity index (χ4n) is 2.16. The van der Waals surface area contributed by atoms with Crippen molar-refractivity contribution in [2.24, 2.45) is 11.8 Å². The smallest absolute Gasteiger partial charge is 0.331 e. The van der Waals surface area contributed by atoms with Crippen molar-refractivity contribution < 1.29 is 19.4 Å². The highest BCUT2D eigenvalue weighted by Gasteiger charge is 2.41. The van der Waals surface area contributed by atoms with Gasteiger partial charge in [-0.05, 0) is 12.8 Å². The molecular weight excluding hydrogens is 220 g/mol. The Morgan fingerprint density at radius 3 is 2.59 bits per heavy atom. The molecule has 0 spiro atoms. The van der Waals surface area contributed by atoms with Crippen molar-refractivity contribution >= 4 is 5.97 Å². The Bertz CT molecular complexity index is 311. The number of carboxylic acids is 1. The van der Waals surface area contributed by atoms with Gasteiger partial charge >= 0.3 is 5.97 Å². The van der Waals surface area contributed by atoms with Gasteiger partial charge in [0.1, 0.15) is 0 Å². The molecule has 4 heteroatoms. The maximum atomic E-state index is 10.8. The van der Waals surface area contributed by atoms with Gasteiger partial charge in [0.25, 0.3) is 0 Å². The van der Waals surface area contributed by atoms with Crippen LogP contribution >= 0.6 is 0 Å². The van der Waals surface area contributed by atoms with E-state index in [-0.39, 0.29) is 17.6 Å². The zero-order chi connectivity index (χ0) is 13.2. The van der Waals surface area contributed by atoms with Crippen LogP contribution in [0.3, 0.4) is 0 Å². The number of aliphatic carboxylic acids is 1. The molecule has 1 fully saturated rings.